The Morgan fingerprint density at radius 1 is 1.19 bits per heavy atom. The number of hydrogen-bond acceptors (Lipinski definition) is 5. The Kier molecular flexibility index (Phi) is 3.85. The molecule has 1 aliphatic heterocycles. The number of benzene rings is 1. The largest absolute Gasteiger partial charge is 0.480 e. The van der Waals surface area contributed by atoms with Crippen LogP contribution in [0.5, 0.6) is 0 Å². The second kappa shape index (κ2) is 5.59. The van der Waals surface area contributed by atoms with Crippen LogP contribution in [-0.2, 0) is 4.79 Å². The van der Waals surface area contributed by atoms with Gasteiger partial charge >= 0.3 is 12.0 Å². The highest BCUT2D eigenvalue weighted by Crippen LogP contribution is 2.20. The Bertz CT molecular complexity index is 642. The van der Waals surface area contributed by atoms with E-state index in [0.717, 1.165) is 0 Å². The molecule has 1 aromatic rings. The van der Waals surface area contributed by atoms with Gasteiger partial charge in [-0.1, -0.05) is 0 Å². The summed E-state index contributed by atoms with van der Waals surface area (Å²) in [6, 6.07) is 1.76. The van der Waals surface area contributed by atoms with Gasteiger partial charge in [-0.05, 0) is 18.2 Å². The number of urea groups is 1. The van der Waals surface area contributed by atoms with Crippen molar-refractivity contribution in [3.05, 3.63) is 29.3 Å². The molecule has 0 saturated heterocycles. The number of aliphatic hydroxyl groups is 1. The van der Waals surface area contributed by atoms with Crippen LogP contribution >= 0.6 is 0 Å². The van der Waals surface area contributed by atoms with Crippen LogP contribution in [0.15, 0.2) is 18.2 Å². The first-order valence-electron chi connectivity index (χ1n) is 5.83. The van der Waals surface area contributed by atoms with Gasteiger partial charge in [-0.15, -0.1) is 0 Å². The fourth-order valence-electron chi connectivity index (χ4n) is 1.76. The van der Waals surface area contributed by atoms with Gasteiger partial charge in [0.05, 0.1) is 17.7 Å². The summed E-state index contributed by atoms with van der Waals surface area (Å²) in [4.78, 5) is 45.0. The number of carboxylic acid groups (broad SMARTS) is 1. The molecule has 21 heavy (non-hydrogen) atoms. The van der Waals surface area contributed by atoms with Gasteiger partial charge < -0.3 is 20.8 Å². The number of carbonyl (C=O) groups excluding carboxylic acids is 3. The fraction of sp³-hybridized carbons (Fsp3) is 0.167. The molecule has 0 bridgehead atoms. The number of fused-ring (bicyclic) bond motifs is 1. The Morgan fingerprint density at radius 3 is 2.48 bits per heavy atom. The third kappa shape index (κ3) is 2.98. The van der Waals surface area contributed by atoms with E-state index in [-0.39, 0.29) is 16.8 Å². The first kappa shape index (κ1) is 14.5. The molecule has 1 atom stereocenters. The van der Waals surface area contributed by atoms with Crippen LogP contribution in [0.2, 0.25) is 0 Å². The first-order valence-corrected chi connectivity index (χ1v) is 5.83. The quantitative estimate of drug-likeness (QED) is 0.457. The molecular weight excluding hydrogens is 282 g/mol. The SMILES string of the molecule is O=C(Nc1ccc2c(c1)C(=O)NC2=O)NC(CO)C(=O)O. The summed E-state index contributed by atoms with van der Waals surface area (Å²) in [5, 5.41) is 23.9. The van der Waals surface area contributed by atoms with Gasteiger partial charge in [0.25, 0.3) is 11.8 Å². The van der Waals surface area contributed by atoms with E-state index in [2.05, 4.69) is 10.6 Å². The lowest BCUT2D eigenvalue weighted by atomic mass is 10.1. The fourth-order valence-corrected chi connectivity index (χ4v) is 1.76. The van der Waals surface area contributed by atoms with E-state index in [0.29, 0.717) is 0 Å². The summed E-state index contributed by atoms with van der Waals surface area (Å²) in [7, 11) is 0. The molecule has 0 aromatic heterocycles. The number of amides is 4. The topological polar surface area (TPSA) is 145 Å². The molecule has 5 N–H and O–H groups in total. The second-order valence-corrected chi connectivity index (χ2v) is 4.22. The van der Waals surface area contributed by atoms with Gasteiger partial charge in [-0.2, -0.15) is 0 Å². The van der Waals surface area contributed by atoms with Crippen LogP contribution in [0.25, 0.3) is 0 Å². The lowest BCUT2D eigenvalue weighted by Gasteiger charge is -2.12. The minimum absolute atomic E-state index is 0.120. The summed E-state index contributed by atoms with van der Waals surface area (Å²) < 4.78 is 0. The zero-order valence-electron chi connectivity index (χ0n) is 10.5. The molecule has 9 nitrogen and oxygen atoms in total. The maximum Gasteiger partial charge on any atom is 0.328 e. The molecule has 9 heteroatoms. The maximum atomic E-state index is 11.6. The summed E-state index contributed by atoms with van der Waals surface area (Å²) >= 11 is 0. The monoisotopic (exact) mass is 293 g/mol. The van der Waals surface area contributed by atoms with E-state index in [1.54, 1.807) is 0 Å². The highest BCUT2D eigenvalue weighted by Gasteiger charge is 2.27. The number of aliphatic hydroxyl groups excluding tert-OH is 1. The molecule has 0 spiro atoms. The van der Waals surface area contributed by atoms with Crippen molar-refractivity contribution in [2.45, 2.75) is 6.04 Å². The molecule has 110 valence electrons. The zero-order valence-corrected chi connectivity index (χ0v) is 10.5. The van der Waals surface area contributed by atoms with E-state index in [1.165, 1.54) is 18.2 Å². The van der Waals surface area contributed by atoms with Crippen molar-refractivity contribution in [1.82, 2.24) is 10.6 Å². The number of carboxylic acids is 1. The van der Waals surface area contributed by atoms with E-state index in [1.807, 2.05) is 5.32 Å². The van der Waals surface area contributed by atoms with Gasteiger partial charge in [-0.3, -0.25) is 14.9 Å². The molecule has 1 aliphatic rings. The van der Waals surface area contributed by atoms with Crippen molar-refractivity contribution in [3.63, 3.8) is 0 Å². The highest BCUT2D eigenvalue weighted by atomic mass is 16.4. The summed E-state index contributed by atoms with van der Waals surface area (Å²) in [6.45, 7) is -0.760. The van der Waals surface area contributed by atoms with Crippen LogP contribution in [0.3, 0.4) is 0 Å². The van der Waals surface area contributed by atoms with Crippen LogP contribution in [0.1, 0.15) is 20.7 Å². The van der Waals surface area contributed by atoms with Crippen LogP contribution in [0.4, 0.5) is 10.5 Å². The van der Waals surface area contributed by atoms with Crippen molar-refractivity contribution in [2.75, 3.05) is 11.9 Å². The maximum absolute atomic E-state index is 11.6. The number of carbonyl (C=O) groups is 4. The average molecular weight is 293 g/mol. The van der Waals surface area contributed by atoms with Crippen LogP contribution in [0, 0.1) is 0 Å². The Labute approximate surface area is 117 Å². The molecule has 1 aromatic carbocycles. The highest BCUT2D eigenvalue weighted by molar-refractivity contribution is 6.22. The van der Waals surface area contributed by atoms with Gasteiger partial charge in [0.15, 0.2) is 6.04 Å². The predicted molar refractivity (Wildman–Crippen MR) is 68.9 cm³/mol. The Hall–Kier alpha value is -2.94. The molecule has 4 amide bonds. The predicted octanol–water partition coefficient (Wildman–Crippen LogP) is -0.863. The normalized spacial score (nSPS) is 14.1. The summed E-state index contributed by atoms with van der Waals surface area (Å²) in [6.07, 6.45) is 0. The number of imide groups is 1. The minimum atomic E-state index is -1.44. The second-order valence-electron chi connectivity index (χ2n) is 4.22. The van der Waals surface area contributed by atoms with Gasteiger partial charge in [-0.25, -0.2) is 9.59 Å². The zero-order chi connectivity index (χ0) is 15.6. The average Bonchev–Trinajstić information content (AvgIpc) is 2.70. The summed E-state index contributed by atoms with van der Waals surface area (Å²) in [5.74, 6) is -2.47. The van der Waals surface area contributed by atoms with Gasteiger partial charge in [0.1, 0.15) is 0 Å². The van der Waals surface area contributed by atoms with Crippen LogP contribution in [-0.4, -0.2) is 46.7 Å². The molecule has 0 saturated carbocycles. The number of nitrogens with one attached hydrogen (secondary N) is 3. The third-order valence-corrected chi connectivity index (χ3v) is 2.78. The van der Waals surface area contributed by atoms with E-state index >= 15 is 0 Å². The van der Waals surface area contributed by atoms with E-state index in [4.69, 9.17) is 10.2 Å². The molecule has 2 rings (SSSR count). The van der Waals surface area contributed by atoms with Crippen LogP contribution < -0.4 is 16.0 Å². The lowest BCUT2D eigenvalue weighted by molar-refractivity contribution is -0.140. The number of aliphatic carboxylic acids is 1. The summed E-state index contributed by atoms with van der Waals surface area (Å²) in [5.41, 5.74) is 0.526. The molecule has 0 fully saturated rings. The Morgan fingerprint density at radius 2 is 1.86 bits per heavy atom. The van der Waals surface area contributed by atoms with Gasteiger partial charge in [0.2, 0.25) is 0 Å². The molecular formula is C12H11N3O6. The first-order chi connectivity index (χ1) is 9.92. The Balaban J connectivity index is 2.09. The number of anilines is 1. The number of hydrogen-bond donors (Lipinski definition) is 5. The molecule has 0 aliphatic carbocycles. The van der Waals surface area contributed by atoms with Gasteiger partial charge in [0, 0.05) is 5.69 Å². The van der Waals surface area contributed by atoms with Crippen molar-refractivity contribution < 1.29 is 29.4 Å². The van der Waals surface area contributed by atoms with Crippen molar-refractivity contribution in [3.8, 4) is 0 Å². The van der Waals surface area contributed by atoms with E-state index < -0.39 is 36.5 Å². The molecule has 1 heterocycles. The van der Waals surface area contributed by atoms with Crippen molar-refractivity contribution in [1.29, 1.82) is 0 Å². The van der Waals surface area contributed by atoms with Crippen molar-refractivity contribution in [2.24, 2.45) is 0 Å². The number of rotatable bonds is 4. The molecule has 0 radical (unpaired) electrons. The van der Waals surface area contributed by atoms with E-state index in [9.17, 15) is 19.2 Å². The molecule has 1 unspecified atom stereocenters. The van der Waals surface area contributed by atoms with Crippen molar-refractivity contribution >= 4 is 29.5 Å². The smallest absolute Gasteiger partial charge is 0.328 e. The standard InChI is InChI=1S/C12H11N3O6/c16-4-8(11(19)20)14-12(21)13-5-1-2-6-7(3-5)10(18)15-9(6)17/h1-3,8,16H,4H2,(H,19,20)(H2,13,14,21)(H,15,17,18). The lowest BCUT2D eigenvalue weighted by Crippen LogP contribution is -2.45. The minimum Gasteiger partial charge on any atom is -0.480 e. The third-order valence-electron chi connectivity index (χ3n) is 2.78.